The van der Waals surface area contributed by atoms with Crippen LogP contribution in [-0.2, 0) is 11.2 Å². The van der Waals surface area contributed by atoms with E-state index in [1.165, 1.54) is 6.07 Å². The van der Waals surface area contributed by atoms with Gasteiger partial charge in [0, 0.05) is 46.3 Å². The quantitative estimate of drug-likeness (QED) is 0.458. The molecule has 0 bridgehead atoms. The van der Waals surface area contributed by atoms with Gasteiger partial charge in [-0.2, -0.15) is 0 Å². The number of halogens is 1. The molecule has 1 fully saturated rings. The zero-order chi connectivity index (χ0) is 18.9. The number of methoxy groups -OCH3 is 1. The van der Waals surface area contributed by atoms with Crippen LogP contribution in [0.25, 0.3) is 0 Å². The first-order valence-electron chi connectivity index (χ1n) is 9.32. The number of para-hydroxylation sites is 1. The monoisotopic (exact) mass is 374 g/mol. The molecule has 1 N–H and O–H groups in total. The lowest BCUT2D eigenvalue weighted by Crippen LogP contribution is -2.53. The van der Waals surface area contributed by atoms with Gasteiger partial charge >= 0.3 is 0 Å². The summed E-state index contributed by atoms with van der Waals surface area (Å²) >= 11 is 0. The molecule has 1 aromatic carbocycles. The van der Waals surface area contributed by atoms with Gasteiger partial charge in [0.05, 0.1) is 25.1 Å². The SMILES string of the molecule is COCCN=C(NCCc1ccco1)N1CCN(c2ccccc2F)CC1. The Labute approximate surface area is 159 Å². The number of nitrogens with one attached hydrogen (secondary N) is 1. The third-order valence-corrected chi connectivity index (χ3v) is 4.56. The van der Waals surface area contributed by atoms with Gasteiger partial charge in [0.25, 0.3) is 0 Å². The molecule has 6 nitrogen and oxygen atoms in total. The van der Waals surface area contributed by atoms with Gasteiger partial charge in [-0.3, -0.25) is 4.99 Å². The zero-order valence-electron chi connectivity index (χ0n) is 15.7. The van der Waals surface area contributed by atoms with Crippen LogP contribution >= 0.6 is 0 Å². The van der Waals surface area contributed by atoms with E-state index in [2.05, 4.69) is 20.1 Å². The molecule has 2 aromatic rings. The van der Waals surface area contributed by atoms with Crippen LogP contribution < -0.4 is 10.2 Å². The summed E-state index contributed by atoms with van der Waals surface area (Å²) in [6.07, 6.45) is 2.48. The number of piperazine rings is 1. The highest BCUT2D eigenvalue weighted by molar-refractivity contribution is 5.80. The number of guanidine groups is 1. The minimum Gasteiger partial charge on any atom is -0.469 e. The van der Waals surface area contributed by atoms with Crippen LogP contribution in [-0.4, -0.2) is 63.8 Å². The third-order valence-electron chi connectivity index (χ3n) is 4.56. The van der Waals surface area contributed by atoms with Gasteiger partial charge in [-0.05, 0) is 24.3 Å². The normalized spacial score (nSPS) is 15.3. The fraction of sp³-hybridized carbons (Fsp3) is 0.450. The molecule has 0 spiro atoms. The van der Waals surface area contributed by atoms with E-state index in [0.717, 1.165) is 50.9 Å². The van der Waals surface area contributed by atoms with Crippen molar-refractivity contribution >= 4 is 11.6 Å². The first kappa shape index (κ1) is 19.2. The van der Waals surface area contributed by atoms with Crippen molar-refractivity contribution in [2.75, 3.05) is 57.9 Å². The number of anilines is 1. The fourth-order valence-electron chi connectivity index (χ4n) is 3.13. The molecular formula is C20H27FN4O2. The summed E-state index contributed by atoms with van der Waals surface area (Å²) in [6.45, 7) is 5.01. The molecule has 0 radical (unpaired) electrons. The van der Waals surface area contributed by atoms with Crippen LogP contribution in [0.4, 0.5) is 10.1 Å². The molecule has 1 aliphatic rings. The molecule has 146 valence electrons. The van der Waals surface area contributed by atoms with Crippen molar-refractivity contribution in [2.24, 2.45) is 4.99 Å². The summed E-state index contributed by atoms with van der Waals surface area (Å²) in [5, 5.41) is 3.42. The topological polar surface area (TPSA) is 53.2 Å². The van der Waals surface area contributed by atoms with E-state index in [4.69, 9.17) is 9.15 Å². The standard InChI is InChI=1S/C20H27FN4O2/c1-26-16-10-23-20(22-9-8-17-5-4-15-27-17)25-13-11-24(12-14-25)19-7-3-2-6-18(19)21/h2-7,15H,8-14,16H2,1H3,(H,22,23). The predicted octanol–water partition coefficient (Wildman–Crippen LogP) is 2.38. The Balaban J connectivity index is 1.56. The van der Waals surface area contributed by atoms with Gasteiger partial charge in [0.2, 0.25) is 0 Å². The van der Waals surface area contributed by atoms with Crippen LogP contribution in [0.2, 0.25) is 0 Å². The Hall–Kier alpha value is -2.54. The van der Waals surface area contributed by atoms with Gasteiger partial charge < -0.3 is 24.3 Å². The van der Waals surface area contributed by atoms with Crippen LogP contribution in [0.5, 0.6) is 0 Å². The molecule has 1 saturated heterocycles. The second-order valence-electron chi connectivity index (χ2n) is 6.38. The molecule has 2 heterocycles. The van der Waals surface area contributed by atoms with Crippen molar-refractivity contribution in [1.29, 1.82) is 0 Å². The van der Waals surface area contributed by atoms with Crippen molar-refractivity contribution in [2.45, 2.75) is 6.42 Å². The molecule has 0 atom stereocenters. The maximum absolute atomic E-state index is 14.0. The number of ether oxygens (including phenoxy) is 1. The Kier molecular flexibility index (Phi) is 7.10. The van der Waals surface area contributed by atoms with Gasteiger partial charge in [-0.15, -0.1) is 0 Å². The first-order valence-corrected chi connectivity index (χ1v) is 9.32. The van der Waals surface area contributed by atoms with Gasteiger partial charge in [0.15, 0.2) is 5.96 Å². The van der Waals surface area contributed by atoms with E-state index in [-0.39, 0.29) is 5.82 Å². The van der Waals surface area contributed by atoms with Crippen LogP contribution in [0.15, 0.2) is 52.1 Å². The average Bonchev–Trinajstić information content (AvgIpc) is 3.21. The molecule has 0 saturated carbocycles. The average molecular weight is 374 g/mol. The highest BCUT2D eigenvalue weighted by Gasteiger charge is 2.21. The van der Waals surface area contributed by atoms with Gasteiger partial charge in [-0.1, -0.05) is 12.1 Å². The van der Waals surface area contributed by atoms with E-state index < -0.39 is 0 Å². The lowest BCUT2D eigenvalue weighted by atomic mass is 10.2. The molecular weight excluding hydrogens is 347 g/mol. The van der Waals surface area contributed by atoms with E-state index in [1.807, 2.05) is 24.3 Å². The van der Waals surface area contributed by atoms with Gasteiger partial charge in [-0.25, -0.2) is 4.39 Å². The number of aliphatic imine (C=N–C) groups is 1. The fourth-order valence-corrected chi connectivity index (χ4v) is 3.13. The minimum atomic E-state index is -0.170. The lowest BCUT2D eigenvalue weighted by Gasteiger charge is -2.37. The number of benzene rings is 1. The molecule has 1 aliphatic heterocycles. The Morgan fingerprint density at radius 1 is 1.19 bits per heavy atom. The molecule has 7 heteroatoms. The van der Waals surface area contributed by atoms with E-state index in [0.29, 0.717) is 18.8 Å². The molecule has 27 heavy (non-hydrogen) atoms. The Morgan fingerprint density at radius 3 is 2.70 bits per heavy atom. The number of furan rings is 1. The van der Waals surface area contributed by atoms with Crippen molar-refractivity contribution in [1.82, 2.24) is 10.2 Å². The van der Waals surface area contributed by atoms with Crippen molar-refractivity contribution in [3.05, 3.63) is 54.2 Å². The molecule has 1 aromatic heterocycles. The maximum atomic E-state index is 14.0. The molecule has 0 unspecified atom stereocenters. The van der Waals surface area contributed by atoms with E-state index >= 15 is 0 Å². The molecule has 0 aliphatic carbocycles. The summed E-state index contributed by atoms with van der Waals surface area (Å²) in [5.41, 5.74) is 0.667. The first-order chi connectivity index (χ1) is 13.3. The lowest BCUT2D eigenvalue weighted by molar-refractivity contribution is 0.207. The summed E-state index contributed by atoms with van der Waals surface area (Å²) in [5.74, 6) is 1.64. The van der Waals surface area contributed by atoms with Crippen molar-refractivity contribution in [3.8, 4) is 0 Å². The summed E-state index contributed by atoms with van der Waals surface area (Å²) in [4.78, 5) is 8.96. The number of hydrogen-bond donors (Lipinski definition) is 1. The summed E-state index contributed by atoms with van der Waals surface area (Å²) < 4.78 is 24.5. The zero-order valence-corrected chi connectivity index (χ0v) is 15.7. The van der Waals surface area contributed by atoms with E-state index in [9.17, 15) is 4.39 Å². The predicted molar refractivity (Wildman–Crippen MR) is 105 cm³/mol. The van der Waals surface area contributed by atoms with Gasteiger partial charge in [0.1, 0.15) is 11.6 Å². The Morgan fingerprint density at radius 2 is 2.00 bits per heavy atom. The molecule has 3 rings (SSSR count). The second kappa shape index (κ2) is 9.97. The largest absolute Gasteiger partial charge is 0.469 e. The smallest absolute Gasteiger partial charge is 0.194 e. The van der Waals surface area contributed by atoms with E-state index in [1.54, 1.807) is 19.4 Å². The van der Waals surface area contributed by atoms with Crippen molar-refractivity contribution < 1.29 is 13.5 Å². The van der Waals surface area contributed by atoms with Crippen LogP contribution in [0.1, 0.15) is 5.76 Å². The highest BCUT2D eigenvalue weighted by atomic mass is 19.1. The molecule has 0 amide bonds. The highest BCUT2D eigenvalue weighted by Crippen LogP contribution is 2.20. The Bertz CT molecular complexity index is 713. The second-order valence-corrected chi connectivity index (χ2v) is 6.38. The van der Waals surface area contributed by atoms with Crippen molar-refractivity contribution in [3.63, 3.8) is 0 Å². The van der Waals surface area contributed by atoms with Crippen LogP contribution in [0, 0.1) is 5.82 Å². The number of rotatable bonds is 7. The summed E-state index contributed by atoms with van der Waals surface area (Å²) in [6, 6.07) is 10.8. The number of nitrogens with zero attached hydrogens (tertiary/aromatic N) is 3. The maximum Gasteiger partial charge on any atom is 0.194 e. The number of hydrogen-bond acceptors (Lipinski definition) is 4. The summed E-state index contributed by atoms with van der Waals surface area (Å²) in [7, 11) is 1.67. The third kappa shape index (κ3) is 5.47. The van der Waals surface area contributed by atoms with Crippen LogP contribution in [0.3, 0.4) is 0 Å². The minimum absolute atomic E-state index is 0.170.